The molecule has 0 aliphatic carbocycles. The molecule has 164 valence electrons. The molecule has 1 amide bonds. The summed E-state index contributed by atoms with van der Waals surface area (Å²) in [5.74, 6) is 0.0428. The van der Waals surface area contributed by atoms with E-state index < -0.39 is 6.29 Å². The van der Waals surface area contributed by atoms with Gasteiger partial charge in [-0.25, -0.2) is 0 Å². The molecule has 32 heavy (non-hydrogen) atoms. The lowest BCUT2D eigenvalue weighted by Gasteiger charge is -2.29. The average Bonchev–Trinajstić information content (AvgIpc) is 2.87. The van der Waals surface area contributed by atoms with E-state index in [1.165, 1.54) is 0 Å². The minimum atomic E-state index is -0.541. The van der Waals surface area contributed by atoms with E-state index in [1.807, 2.05) is 78.9 Å². The van der Waals surface area contributed by atoms with Crippen LogP contribution in [0.5, 0.6) is 0 Å². The third-order valence-electron chi connectivity index (χ3n) is 5.45. The molecule has 3 aromatic rings. The van der Waals surface area contributed by atoms with Crippen molar-refractivity contribution in [2.24, 2.45) is 0 Å². The number of rotatable bonds is 8. The molecule has 5 nitrogen and oxygen atoms in total. The number of carbonyl (C=O) groups is 1. The van der Waals surface area contributed by atoms with Gasteiger partial charge in [0.25, 0.3) is 5.91 Å². The van der Waals surface area contributed by atoms with Gasteiger partial charge < -0.3 is 19.9 Å². The SMILES string of the molecule is O=C(NCc1ccccc1)C1=C[C@@H](c2ccccc2)C[C@@H](OCc2ccc(CO)cc2)O1. The monoisotopic (exact) mass is 429 g/mol. The average molecular weight is 430 g/mol. The Morgan fingerprint density at radius 3 is 2.25 bits per heavy atom. The predicted octanol–water partition coefficient (Wildman–Crippen LogP) is 4.43. The van der Waals surface area contributed by atoms with Gasteiger partial charge in [0.1, 0.15) is 0 Å². The van der Waals surface area contributed by atoms with Crippen LogP contribution in [0, 0.1) is 0 Å². The molecule has 2 atom stereocenters. The topological polar surface area (TPSA) is 67.8 Å². The molecule has 0 unspecified atom stereocenters. The number of aliphatic hydroxyl groups is 1. The zero-order valence-electron chi connectivity index (χ0n) is 17.8. The molecular formula is C27H27NO4. The number of aliphatic hydroxyl groups excluding tert-OH is 1. The normalized spacial score (nSPS) is 17.8. The van der Waals surface area contributed by atoms with E-state index in [1.54, 1.807) is 0 Å². The summed E-state index contributed by atoms with van der Waals surface area (Å²) in [5, 5.41) is 12.1. The molecule has 0 fully saturated rings. The van der Waals surface area contributed by atoms with Gasteiger partial charge in [0.05, 0.1) is 13.2 Å². The number of hydrogen-bond donors (Lipinski definition) is 2. The quantitative estimate of drug-likeness (QED) is 0.556. The second-order valence-electron chi connectivity index (χ2n) is 7.79. The first-order valence-corrected chi connectivity index (χ1v) is 10.8. The number of amides is 1. The third kappa shape index (κ3) is 5.84. The van der Waals surface area contributed by atoms with E-state index in [0.29, 0.717) is 19.6 Å². The number of ether oxygens (including phenoxy) is 2. The van der Waals surface area contributed by atoms with Crippen LogP contribution < -0.4 is 5.32 Å². The first-order valence-electron chi connectivity index (χ1n) is 10.8. The minimum absolute atomic E-state index is 0.0118. The molecule has 1 heterocycles. The summed E-state index contributed by atoms with van der Waals surface area (Å²) in [5.41, 5.74) is 3.97. The van der Waals surface area contributed by atoms with Crippen LogP contribution in [0.3, 0.4) is 0 Å². The fraction of sp³-hybridized carbons (Fsp3) is 0.222. The molecular weight excluding hydrogens is 402 g/mol. The van der Waals surface area contributed by atoms with Crippen molar-refractivity contribution in [3.05, 3.63) is 119 Å². The maximum Gasteiger partial charge on any atom is 0.286 e. The highest BCUT2D eigenvalue weighted by molar-refractivity contribution is 5.91. The first-order chi connectivity index (χ1) is 15.7. The van der Waals surface area contributed by atoms with E-state index in [2.05, 4.69) is 17.4 Å². The van der Waals surface area contributed by atoms with Crippen LogP contribution in [0.25, 0.3) is 0 Å². The number of allylic oxidation sites excluding steroid dienone is 1. The molecule has 3 aromatic carbocycles. The van der Waals surface area contributed by atoms with Crippen LogP contribution in [-0.4, -0.2) is 17.3 Å². The van der Waals surface area contributed by atoms with Crippen LogP contribution in [-0.2, 0) is 34.0 Å². The molecule has 0 radical (unpaired) electrons. The lowest BCUT2D eigenvalue weighted by atomic mass is 9.93. The van der Waals surface area contributed by atoms with E-state index >= 15 is 0 Å². The maximum atomic E-state index is 12.9. The minimum Gasteiger partial charge on any atom is -0.459 e. The van der Waals surface area contributed by atoms with Crippen molar-refractivity contribution in [1.82, 2.24) is 5.32 Å². The fourth-order valence-corrected chi connectivity index (χ4v) is 3.65. The van der Waals surface area contributed by atoms with Gasteiger partial charge in [-0.1, -0.05) is 84.9 Å². The third-order valence-corrected chi connectivity index (χ3v) is 5.45. The van der Waals surface area contributed by atoms with Crippen LogP contribution >= 0.6 is 0 Å². The molecule has 5 heteroatoms. The molecule has 0 saturated heterocycles. The molecule has 2 N–H and O–H groups in total. The highest BCUT2D eigenvalue weighted by Gasteiger charge is 2.28. The zero-order chi connectivity index (χ0) is 22.2. The van der Waals surface area contributed by atoms with Gasteiger partial charge in [0.15, 0.2) is 5.76 Å². The number of carbonyl (C=O) groups excluding carboxylic acids is 1. The Morgan fingerprint density at radius 2 is 1.56 bits per heavy atom. The summed E-state index contributed by atoms with van der Waals surface area (Å²) < 4.78 is 12.0. The van der Waals surface area contributed by atoms with Gasteiger partial charge in [0.2, 0.25) is 6.29 Å². The molecule has 0 spiro atoms. The molecule has 4 rings (SSSR count). The van der Waals surface area contributed by atoms with Crippen LogP contribution in [0.15, 0.2) is 96.8 Å². The smallest absolute Gasteiger partial charge is 0.286 e. The molecule has 0 bridgehead atoms. The summed E-state index contributed by atoms with van der Waals surface area (Å²) in [6.45, 7) is 0.799. The van der Waals surface area contributed by atoms with Crippen molar-refractivity contribution in [2.75, 3.05) is 0 Å². The fourth-order valence-electron chi connectivity index (χ4n) is 3.65. The Labute approximate surface area is 188 Å². The Hall–Kier alpha value is -3.41. The number of benzene rings is 3. The molecule has 0 saturated carbocycles. The van der Waals surface area contributed by atoms with Crippen molar-refractivity contribution in [3.63, 3.8) is 0 Å². The van der Waals surface area contributed by atoms with Gasteiger partial charge in [-0.15, -0.1) is 0 Å². The van der Waals surface area contributed by atoms with Gasteiger partial charge >= 0.3 is 0 Å². The van der Waals surface area contributed by atoms with Crippen LogP contribution in [0.4, 0.5) is 0 Å². The van der Waals surface area contributed by atoms with Crippen molar-refractivity contribution in [3.8, 4) is 0 Å². The largest absolute Gasteiger partial charge is 0.459 e. The molecule has 1 aliphatic heterocycles. The van der Waals surface area contributed by atoms with Crippen molar-refractivity contribution < 1.29 is 19.4 Å². The lowest BCUT2D eigenvalue weighted by Crippen LogP contribution is -2.32. The van der Waals surface area contributed by atoms with Crippen molar-refractivity contribution in [1.29, 1.82) is 0 Å². The summed E-state index contributed by atoms with van der Waals surface area (Å²) in [6, 6.07) is 27.4. The Kier molecular flexibility index (Phi) is 7.33. The summed E-state index contributed by atoms with van der Waals surface area (Å²) >= 11 is 0. The zero-order valence-corrected chi connectivity index (χ0v) is 17.8. The van der Waals surface area contributed by atoms with Crippen molar-refractivity contribution >= 4 is 5.91 Å². The van der Waals surface area contributed by atoms with Crippen LogP contribution in [0.2, 0.25) is 0 Å². The Morgan fingerprint density at radius 1 is 0.906 bits per heavy atom. The summed E-state index contributed by atoms with van der Waals surface area (Å²) in [7, 11) is 0. The van der Waals surface area contributed by atoms with Crippen molar-refractivity contribution in [2.45, 2.75) is 38.4 Å². The van der Waals surface area contributed by atoms with E-state index in [0.717, 1.165) is 22.3 Å². The number of nitrogens with one attached hydrogen (secondary N) is 1. The second-order valence-corrected chi connectivity index (χ2v) is 7.79. The standard InChI is InChI=1S/C27H27NO4/c29-18-21-11-13-22(14-12-21)19-31-26-16-24(23-9-5-2-6-10-23)15-25(32-26)27(30)28-17-20-7-3-1-4-8-20/h1-15,24,26,29H,16-19H2,(H,28,30)/t24-,26+/m1/s1. The second kappa shape index (κ2) is 10.8. The van der Waals surface area contributed by atoms with E-state index in [4.69, 9.17) is 9.47 Å². The lowest BCUT2D eigenvalue weighted by molar-refractivity contribution is -0.150. The predicted molar refractivity (Wildman–Crippen MR) is 122 cm³/mol. The van der Waals surface area contributed by atoms with Gasteiger partial charge in [-0.05, 0) is 28.3 Å². The number of hydrogen-bond acceptors (Lipinski definition) is 4. The highest BCUT2D eigenvalue weighted by Crippen LogP contribution is 2.31. The van der Waals surface area contributed by atoms with Gasteiger partial charge in [-0.2, -0.15) is 0 Å². The van der Waals surface area contributed by atoms with E-state index in [-0.39, 0.29) is 24.2 Å². The van der Waals surface area contributed by atoms with Gasteiger partial charge in [0, 0.05) is 18.9 Å². The van der Waals surface area contributed by atoms with Gasteiger partial charge in [-0.3, -0.25) is 4.79 Å². The maximum absolute atomic E-state index is 12.9. The summed E-state index contributed by atoms with van der Waals surface area (Å²) in [4.78, 5) is 12.9. The highest BCUT2D eigenvalue weighted by atomic mass is 16.7. The molecule has 1 aliphatic rings. The van der Waals surface area contributed by atoms with Crippen LogP contribution in [0.1, 0.15) is 34.6 Å². The Balaban J connectivity index is 1.45. The summed E-state index contributed by atoms with van der Waals surface area (Å²) in [6.07, 6.45) is 1.96. The first kappa shape index (κ1) is 21.8. The Bertz CT molecular complexity index is 1030. The molecule has 0 aromatic heterocycles. The van der Waals surface area contributed by atoms with E-state index in [9.17, 15) is 9.90 Å².